The van der Waals surface area contributed by atoms with Gasteiger partial charge in [0.1, 0.15) is 5.69 Å². The maximum Gasteiger partial charge on any atom is 0.274 e. The van der Waals surface area contributed by atoms with Gasteiger partial charge in [-0.2, -0.15) is 4.31 Å². The fraction of sp³-hybridized carbons (Fsp3) is 0.429. The lowest BCUT2D eigenvalue weighted by Gasteiger charge is -2.42. The Hall–Kier alpha value is -2.49. The zero-order valence-electron chi connectivity index (χ0n) is 17.1. The predicted molar refractivity (Wildman–Crippen MR) is 114 cm³/mol. The van der Waals surface area contributed by atoms with Crippen molar-refractivity contribution in [3.05, 3.63) is 58.5 Å². The third kappa shape index (κ3) is 3.92. The molecule has 1 aromatic carbocycles. The van der Waals surface area contributed by atoms with Gasteiger partial charge in [-0.1, -0.05) is 18.2 Å². The normalized spacial score (nSPS) is 21.3. The Labute approximate surface area is 176 Å². The molecule has 1 saturated heterocycles. The smallest absolute Gasteiger partial charge is 0.274 e. The standard InChI is InChI=1S/C21H26N4O4S/c1-23(2)14-20(26)22-18-8-9-19-16-10-15(12-25(19)21(18)27)11-24(13-16)30(28,29)17-6-4-3-5-7-17/h3-9,15-16H,10-14H2,1-2H3,(H,22,26)/t15-,16+/m0/s1. The largest absolute Gasteiger partial charge is 0.320 e. The van der Waals surface area contributed by atoms with Gasteiger partial charge < -0.3 is 14.8 Å². The van der Waals surface area contributed by atoms with E-state index in [1.54, 1.807) is 64.3 Å². The number of pyridine rings is 1. The number of piperidine rings is 1. The molecule has 4 rings (SSSR count). The molecule has 1 N–H and O–H groups in total. The summed E-state index contributed by atoms with van der Waals surface area (Å²) in [5.41, 5.74) is 0.864. The summed E-state index contributed by atoms with van der Waals surface area (Å²) in [6.45, 7) is 1.37. The van der Waals surface area contributed by atoms with E-state index in [9.17, 15) is 18.0 Å². The van der Waals surface area contributed by atoms with Crippen LogP contribution >= 0.6 is 0 Å². The highest BCUT2D eigenvalue weighted by Crippen LogP contribution is 2.37. The predicted octanol–water partition coefficient (Wildman–Crippen LogP) is 1.16. The van der Waals surface area contributed by atoms with Crippen molar-refractivity contribution in [2.24, 2.45) is 5.92 Å². The van der Waals surface area contributed by atoms with Crippen molar-refractivity contribution < 1.29 is 13.2 Å². The van der Waals surface area contributed by atoms with E-state index in [0.29, 0.717) is 24.5 Å². The van der Waals surface area contributed by atoms with Gasteiger partial charge in [0.25, 0.3) is 5.56 Å². The van der Waals surface area contributed by atoms with Crippen molar-refractivity contribution in [3.63, 3.8) is 0 Å². The van der Waals surface area contributed by atoms with E-state index in [1.807, 2.05) is 6.07 Å². The molecule has 9 heteroatoms. The number of rotatable bonds is 5. The van der Waals surface area contributed by atoms with Crippen LogP contribution in [-0.2, 0) is 21.4 Å². The van der Waals surface area contributed by atoms with Gasteiger partial charge in [0.05, 0.1) is 11.4 Å². The minimum atomic E-state index is -3.57. The van der Waals surface area contributed by atoms with E-state index in [-0.39, 0.29) is 35.5 Å². The number of likely N-dealkylation sites (N-methyl/N-ethyl adjacent to an activating group) is 1. The molecule has 2 aromatic rings. The second-order valence-corrected chi connectivity index (χ2v) is 10.2. The second-order valence-electron chi connectivity index (χ2n) is 8.31. The van der Waals surface area contributed by atoms with Crippen molar-refractivity contribution in [3.8, 4) is 0 Å². The Bertz CT molecular complexity index is 1110. The van der Waals surface area contributed by atoms with Crippen LogP contribution in [0.25, 0.3) is 0 Å². The Morgan fingerprint density at radius 3 is 2.53 bits per heavy atom. The Balaban J connectivity index is 1.60. The molecule has 1 aromatic heterocycles. The Morgan fingerprint density at radius 1 is 1.10 bits per heavy atom. The third-order valence-electron chi connectivity index (χ3n) is 5.69. The summed E-state index contributed by atoms with van der Waals surface area (Å²) in [4.78, 5) is 27.0. The summed E-state index contributed by atoms with van der Waals surface area (Å²) in [5, 5.41) is 2.69. The van der Waals surface area contributed by atoms with Crippen LogP contribution in [0.15, 0.2) is 52.2 Å². The van der Waals surface area contributed by atoms with Crippen molar-refractivity contribution in [1.29, 1.82) is 0 Å². The zero-order chi connectivity index (χ0) is 21.5. The number of carbonyl (C=O) groups is 1. The van der Waals surface area contributed by atoms with Crippen LogP contribution in [0, 0.1) is 5.92 Å². The number of hydrogen-bond donors (Lipinski definition) is 1. The van der Waals surface area contributed by atoms with Gasteiger partial charge >= 0.3 is 0 Å². The first-order valence-corrected chi connectivity index (χ1v) is 11.4. The van der Waals surface area contributed by atoms with Gasteiger partial charge in [0, 0.05) is 31.2 Å². The van der Waals surface area contributed by atoms with Crippen molar-refractivity contribution >= 4 is 21.6 Å². The number of anilines is 1. The summed E-state index contributed by atoms with van der Waals surface area (Å²) in [7, 11) is 0.00681. The third-order valence-corrected chi connectivity index (χ3v) is 7.53. The van der Waals surface area contributed by atoms with Crippen molar-refractivity contribution in [1.82, 2.24) is 13.8 Å². The number of carbonyl (C=O) groups excluding carboxylic acids is 1. The first-order chi connectivity index (χ1) is 14.3. The Morgan fingerprint density at radius 2 is 1.83 bits per heavy atom. The highest BCUT2D eigenvalue weighted by atomic mass is 32.2. The molecule has 1 amide bonds. The lowest BCUT2D eigenvalue weighted by atomic mass is 9.84. The number of amides is 1. The molecular weight excluding hydrogens is 404 g/mol. The lowest BCUT2D eigenvalue weighted by molar-refractivity contribution is -0.116. The lowest BCUT2D eigenvalue weighted by Crippen LogP contribution is -2.49. The molecule has 2 aliphatic rings. The molecule has 0 spiro atoms. The maximum absolute atomic E-state index is 13.1. The van der Waals surface area contributed by atoms with Crippen molar-refractivity contribution in [2.75, 3.05) is 39.0 Å². The quantitative estimate of drug-likeness (QED) is 0.769. The minimum Gasteiger partial charge on any atom is -0.320 e. The molecule has 160 valence electrons. The number of sulfonamides is 1. The van der Waals surface area contributed by atoms with E-state index in [2.05, 4.69) is 5.32 Å². The summed E-state index contributed by atoms with van der Waals surface area (Å²) in [6.07, 6.45) is 0.854. The average molecular weight is 431 g/mol. The SMILES string of the molecule is CN(C)CC(=O)Nc1ccc2n(c1=O)C[C@H]1C[C@@H]2CN(S(=O)(=O)c2ccccc2)C1. The number of aromatic nitrogens is 1. The first kappa shape index (κ1) is 20.8. The molecule has 2 aliphatic heterocycles. The number of fused-ring (bicyclic) bond motifs is 4. The van der Waals surface area contributed by atoms with E-state index in [0.717, 1.165) is 12.1 Å². The number of hydrogen-bond acceptors (Lipinski definition) is 5. The van der Waals surface area contributed by atoms with Gasteiger partial charge in [-0.3, -0.25) is 9.59 Å². The van der Waals surface area contributed by atoms with E-state index >= 15 is 0 Å². The molecule has 2 atom stereocenters. The summed E-state index contributed by atoms with van der Waals surface area (Å²) in [5.74, 6) is -0.232. The van der Waals surface area contributed by atoms with Gasteiger partial charge in [0.2, 0.25) is 15.9 Å². The van der Waals surface area contributed by atoms with Gasteiger partial charge in [-0.15, -0.1) is 0 Å². The molecule has 2 bridgehead atoms. The van der Waals surface area contributed by atoms with E-state index < -0.39 is 10.0 Å². The highest BCUT2D eigenvalue weighted by Gasteiger charge is 2.39. The van der Waals surface area contributed by atoms with Crippen molar-refractivity contribution in [2.45, 2.75) is 23.8 Å². The number of nitrogens with one attached hydrogen (secondary N) is 1. The highest BCUT2D eigenvalue weighted by molar-refractivity contribution is 7.89. The molecule has 8 nitrogen and oxygen atoms in total. The first-order valence-electron chi connectivity index (χ1n) is 9.99. The number of nitrogens with zero attached hydrogens (tertiary/aromatic N) is 3. The van der Waals surface area contributed by atoms with E-state index in [1.165, 1.54) is 0 Å². The van der Waals surface area contributed by atoms with Crippen LogP contribution in [0.4, 0.5) is 5.69 Å². The van der Waals surface area contributed by atoms with Crippen LogP contribution < -0.4 is 10.9 Å². The fourth-order valence-electron chi connectivity index (χ4n) is 4.41. The zero-order valence-corrected chi connectivity index (χ0v) is 17.9. The van der Waals surface area contributed by atoms with Crippen LogP contribution in [-0.4, -0.2) is 61.8 Å². The van der Waals surface area contributed by atoms with Gasteiger partial charge in [-0.05, 0) is 50.7 Å². The van der Waals surface area contributed by atoms with E-state index in [4.69, 9.17) is 0 Å². The Kier molecular flexibility index (Phi) is 5.52. The topological polar surface area (TPSA) is 91.7 Å². The molecular formula is C21H26N4O4S. The maximum atomic E-state index is 13.1. The van der Waals surface area contributed by atoms with Crippen LogP contribution in [0.1, 0.15) is 18.0 Å². The molecule has 0 saturated carbocycles. The minimum absolute atomic E-state index is 0.0461. The number of benzene rings is 1. The molecule has 1 fully saturated rings. The fourth-order valence-corrected chi connectivity index (χ4v) is 5.99. The molecule has 0 aliphatic carbocycles. The van der Waals surface area contributed by atoms with Gasteiger partial charge in [-0.25, -0.2) is 8.42 Å². The molecule has 30 heavy (non-hydrogen) atoms. The molecule has 3 heterocycles. The monoisotopic (exact) mass is 430 g/mol. The van der Waals surface area contributed by atoms with Gasteiger partial charge in [0.15, 0.2) is 0 Å². The summed E-state index contributed by atoms with van der Waals surface area (Å²) < 4.78 is 29.4. The van der Waals surface area contributed by atoms with Crippen LogP contribution in [0.2, 0.25) is 0 Å². The second kappa shape index (κ2) is 7.98. The average Bonchev–Trinajstić information content (AvgIpc) is 2.70. The summed E-state index contributed by atoms with van der Waals surface area (Å²) >= 11 is 0. The van der Waals surface area contributed by atoms with Crippen LogP contribution in [0.5, 0.6) is 0 Å². The van der Waals surface area contributed by atoms with Crippen LogP contribution in [0.3, 0.4) is 0 Å². The molecule has 0 radical (unpaired) electrons. The molecule has 0 unspecified atom stereocenters. The summed E-state index contributed by atoms with van der Waals surface area (Å²) in [6, 6.07) is 11.9.